The van der Waals surface area contributed by atoms with Crippen molar-refractivity contribution in [1.82, 2.24) is 15.5 Å². The number of anilines is 1. The topological polar surface area (TPSA) is 84.0 Å². The standard InChI is InChI=1S/C18H24N4O2S/c1-4-13(3)19-15(23)6-5-7-16-21-22-18(25-16)17(24)20-14-10-8-12(2)9-11-14/h8-11,13H,4-7H2,1-3H3,(H,19,23)(H,20,24). The molecule has 1 aromatic heterocycles. The van der Waals surface area contributed by atoms with Gasteiger partial charge in [0.15, 0.2) is 0 Å². The molecule has 6 nitrogen and oxygen atoms in total. The summed E-state index contributed by atoms with van der Waals surface area (Å²) in [5.74, 6) is -0.210. The zero-order chi connectivity index (χ0) is 18.2. The number of nitrogens with zero attached hydrogens (tertiary/aromatic N) is 2. The smallest absolute Gasteiger partial charge is 0.286 e. The lowest BCUT2D eigenvalue weighted by molar-refractivity contribution is -0.121. The first kappa shape index (κ1) is 19.1. The summed E-state index contributed by atoms with van der Waals surface area (Å²) in [5.41, 5.74) is 1.86. The third kappa shape index (κ3) is 6.26. The van der Waals surface area contributed by atoms with Gasteiger partial charge in [0.25, 0.3) is 5.91 Å². The number of carbonyl (C=O) groups is 2. The fourth-order valence-corrected chi connectivity index (χ4v) is 2.89. The predicted octanol–water partition coefficient (Wildman–Crippen LogP) is 3.34. The van der Waals surface area contributed by atoms with Gasteiger partial charge in [-0.25, -0.2) is 0 Å². The molecular formula is C18H24N4O2S. The van der Waals surface area contributed by atoms with E-state index in [4.69, 9.17) is 0 Å². The number of aromatic nitrogens is 2. The molecule has 0 bridgehead atoms. The van der Waals surface area contributed by atoms with E-state index in [-0.39, 0.29) is 17.9 Å². The Balaban J connectivity index is 1.80. The quantitative estimate of drug-likeness (QED) is 0.756. The molecule has 0 aliphatic carbocycles. The van der Waals surface area contributed by atoms with Gasteiger partial charge in [-0.2, -0.15) is 0 Å². The average molecular weight is 360 g/mol. The van der Waals surface area contributed by atoms with Crippen LogP contribution in [-0.2, 0) is 11.2 Å². The number of benzene rings is 1. The maximum atomic E-state index is 12.2. The molecule has 0 radical (unpaired) electrons. The van der Waals surface area contributed by atoms with Gasteiger partial charge in [0.2, 0.25) is 10.9 Å². The van der Waals surface area contributed by atoms with Crippen LogP contribution in [0, 0.1) is 6.92 Å². The number of aryl methyl sites for hydroxylation is 2. The van der Waals surface area contributed by atoms with Gasteiger partial charge in [-0.3, -0.25) is 9.59 Å². The minimum Gasteiger partial charge on any atom is -0.354 e. The van der Waals surface area contributed by atoms with Crippen LogP contribution in [0.1, 0.15) is 53.5 Å². The van der Waals surface area contributed by atoms with Crippen molar-refractivity contribution >= 4 is 28.8 Å². The fraction of sp³-hybridized carbons (Fsp3) is 0.444. The van der Waals surface area contributed by atoms with Gasteiger partial charge in [0, 0.05) is 24.6 Å². The summed E-state index contributed by atoms with van der Waals surface area (Å²) in [7, 11) is 0. The van der Waals surface area contributed by atoms with Crippen molar-refractivity contribution in [3.05, 3.63) is 39.8 Å². The van der Waals surface area contributed by atoms with Crippen molar-refractivity contribution in [3.63, 3.8) is 0 Å². The Morgan fingerprint density at radius 1 is 1.20 bits per heavy atom. The molecule has 0 spiro atoms. The van der Waals surface area contributed by atoms with E-state index in [2.05, 4.69) is 20.8 Å². The minimum absolute atomic E-state index is 0.0520. The van der Waals surface area contributed by atoms with Crippen molar-refractivity contribution < 1.29 is 9.59 Å². The second kappa shape index (κ2) is 9.27. The third-order valence-corrected chi connectivity index (χ3v) is 4.77. The second-order valence-corrected chi connectivity index (χ2v) is 7.11. The van der Waals surface area contributed by atoms with E-state index in [9.17, 15) is 9.59 Å². The molecule has 7 heteroatoms. The molecule has 0 saturated carbocycles. The Morgan fingerprint density at radius 2 is 1.92 bits per heavy atom. The first-order valence-electron chi connectivity index (χ1n) is 8.47. The van der Waals surface area contributed by atoms with Gasteiger partial charge in [-0.1, -0.05) is 36.0 Å². The minimum atomic E-state index is -0.262. The van der Waals surface area contributed by atoms with E-state index in [0.717, 1.165) is 22.7 Å². The maximum absolute atomic E-state index is 12.2. The van der Waals surface area contributed by atoms with Crippen molar-refractivity contribution in [2.24, 2.45) is 0 Å². The summed E-state index contributed by atoms with van der Waals surface area (Å²) in [6, 6.07) is 7.78. The van der Waals surface area contributed by atoms with Crippen LogP contribution in [0.3, 0.4) is 0 Å². The van der Waals surface area contributed by atoms with Crippen molar-refractivity contribution in [2.45, 2.75) is 52.5 Å². The largest absolute Gasteiger partial charge is 0.354 e. The highest BCUT2D eigenvalue weighted by molar-refractivity contribution is 7.13. The van der Waals surface area contributed by atoms with Gasteiger partial charge >= 0.3 is 0 Å². The number of nitrogens with one attached hydrogen (secondary N) is 2. The van der Waals surface area contributed by atoms with Gasteiger partial charge in [0.05, 0.1) is 0 Å². The molecule has 2 rings (SSSR count). The van der Waals surface area contributed by atoms with Crippen molar-refractivity contribution in [1.29, 1.82) is 0 Å². The van der Waals surface area contributed by atoms with Gasteiger partial charge < -0.3 is 10.6 Å². The molecule has 25 heavy (non-hydrogen) atoms. The van der Waals surface area contributed by atoms with Crippen LogP contribution in [-0.4, -0.2) is 28.1 Å². The van der Waals surface area contributed by atoms with Gasteiger partial charge in [0.1, 0.15) is 5.01 Å². The number of rotatable bonds is 8. The van der Waals surface area contributed by atoms with Gasteiger partial charge in [-0.15, -0.1) is 10.2 Å². The Labute approximate surface area is 152 Å². The summed E-state index contributed by atoms with van der Waals surface area (Å²) in [4.78, 5) is 23.9. The zero-order valence-corrected chi connectivity index (χ0v) is 15.7. The summed E-state index contributed by atoms with van der Waals surface area (Å²) in [5, 5.41) is 14.8. The molecule has 134 valence electrons. The van der Waals surface area contributed by atoms with Crippen LogP contribution < -0.4 is 10.6 Å². The first-order valence-corrected chi connectivity index (χ1v) is 9.29. The Bertz CT molecular complexity index is 712. The Kier molecular flexibility index (Phi) is 7.06. The normalized spacial score (nSPS) is 11.8. The van der Waals surface area contributed by atoms with Crippen LogP contribution in [0.5, 0.6) is 0 Å². The van der Waals surface area contributed by atoms with E-state index >= 15 is 0 Å². The monoisotopic (exact) mass is 360 g/mol. The molecule has 0 fully saturated rings. The molecule has 1 aromatic carbocycles. The SMILES string of the molecule is CCC(C)NC(=O)CCCc1nnc(C(=O)Nc2ccc(C)cc2)s1. The molecule has 0 aliphatic heterocycles. The summed E-state index contributed by atoms with van der Waals surface area (Å²) < 4.78 is 0. The summed E-state index contributed by atoms with van der Waals surface area (Å²) in [6.07, 6.45) is 2.70. The zero-order valence-electron chi connectivity index (χ0n) is 14.8. The molecule has 2 aromatic rings. The molecule has 1 unspecified atom stereocenters. The number of amides is 2. The van der Waals surface area contributed by atoms with E-state index in [1.165, 1.54) is 11.3 Å². The maximum Gasteiger partial charge on any atom is 0.286 e. The average Bonchev–Trinajstić information content (AvgIpc) is 3.06. The number of carbonyl (C=O) groups excluding carboxylic acids is 2. The summed E-state index contributed by atoms with van der Waals surface area (Å²) >= 11 is 1.27. The highest BCUT2D eigenvalue weighted by Crippen LogP contribution is 2.15. The molecule has 1 heterocycles. The molecule has 0 aliphatic rings. The lowest BCUT2D eigenvalue weighted by Gasteiger charge is -2.10. The van der Waals surface area contributed by atoms with Crippen molar-refractivity contribution in [2.75, 3.05) is 5.32 Å². The van der Waals surface area contributed by atoms with E-state index < -0.39 is 0 Å². The van der Waals surface area contributed by atoms with Gasteiger partial charge in [-0.05, 0) is 38.8 Å². The van der Waals surface area contributed by atoms with Crippen LogP contribution in [0.4, 0.5) is 5.69 Å². The predicted molar refractivity (Wildman–Crippen MR) is 99.9 cm³/mol. The summed E-state index contributed by atoms with van der Waals surface area (Å²) in [6.45, 7) is 6.02. The van der Waals surface area contributed by atoms with E-state index in [1.54, 1.807) is 0 Å². The molecular weight excluding hydrogens is 336 g/mol. The second-order valence-electron chi connectivity index (χ2n) is 6.05. The number of hydrogen-bond donors (Lipinski definition) is 2. The number of hydrogen-bond acceptors (Lipinski definition) is 5. The highest BCUT2D eigenvalue weighted by atomic mass is 32.1. The lowest BCUT2D eigenvalue weighted by atomic mass is 10.2. The first-order chi connectivity index (χ1) is 12.0. The molecule has 0 saturated heterocycles. The van der Waals surface area contributed by atoms with Crippen LogP contribution in [0.15, 0.2) is 24.3 Å². The lowest BCUT2D eigenvalue weighted by Crippen LogP contribution is -2.31. The third-order valence-electron chi connectivity index (χ3n) is 3.78. The molecule has 2 amide bonds. The van der Waals surface area contributed by atoms with Crippen molar-refractivity contribution in [3.8, 4) is 0 Å². The molecule has 1 atom stereocenters. The Morgan fingerprint density at radius 3 is 2.60 bits per heavy atom. The Hall–Kier alpha value is -2.28. The van der Waals surface area contributed by atoms with E-state index in [0.29, 0.717) is 24.3 Å². The highest BCUT2D eigenvalue weighted by Gasteiger charge is 2.13. The van der Waals surface area contributed by atoms with Crippen LogP contribution in [0.25, 0.3) is 0 Å². The van der Waals surface area contributed by atoms with E-state index in [1.807, 2.05) is 45.0 Å². The molecule has 2 N–H and O–H groups in total. The fourth-order valence-electron chi connectivity index (χ4n) is 2.12. The van der Waals surface area contributed by atoms with Crippen LogP contribution in [0.2, 0.25) is 0 Å². The van der Waals surface area contributed by atoms with Crippen LogP contribution >= 0.6 is 11.3 Å².